The van der Waals surface area contributed by atoms with E-state index in [1.165, 1.54) is 12.8 Å². The number of amidine groups is 1. The Kier molecular flexibility index (Phi) is 4.39. The van der Waals surface area contributed by atoms with Gasteiger partial charge >= 0.3 is 0 Å². The summed E-state index contributed by atoms with van der Waals surface area (Å²) in [5, 5.41) is 14.4. The van der Waals surface area contributed by atoms with Gasteiger partial charge in [0, 0.05) is 6.04 Å². The summed E-state index contributed by atoms with van der Waals surface area (Å²) in [4.78, 5) is 11.7. The molecule has 1 saturated carbocycles. The molecule has 1 amide bonds. The van der Waals surface area contributed by atoms with Gasteiger partial charge in [-0.2, -0.15) is 0 Å². The van der Waals surface area contributed by atoms with Gasteiger partial charge in [-0.05, 0) is 19.3 Å². The molecule has 0 aromatic carbocycles. The number of nitrogens with two attached hydrogens (primary N) is 1. The first kappa shape index (κ1) is 11.8. The molecule has 5 heteroatoms. The largest absolute Gasteiger partial charge is 0.409 e. The van der Waals surface area contributed by atoms with Crippen LogP contribution in [-0.2, 0) is 4.79 Å². The van der Waals surface area contributed by atoms with Gasteiger partial charge in [-0.1, -0.05) is 24.9 Å². The van der Waals surface area contributed by atoms with Gasteiger partial charge in [-0.3, -0.25) is 4.79 Å². The number of carbonyl (C=O) groups is 1. The molecule has 5 nitrogen and oxygen atoms in total. The third-order valence-corrected chi connectivity index (χ3v) is 2.90. The maximum absolute atomic E-state index is 11.7. The molecule has 0 aromatic heterocycles. The van der Waals surface area contributed by atoms with Crippen molar-refractivity contribution in [3.63, 3.8) is 0 Å². The van der Waals surface area contributed by atoms with Crippen LogP contribution in [-0.4, -0.2) is 23.0 Å². The van der Waals surface area contributed by atoms with Crippen molar-refractivity contribution in [3.05, 3.63) is 0 Å². The van der Waals surface area contributed by atoms with E-state index in [4.69, 9.17) is 10.9 Å². The number of hydrogen-bond donors (Lipinski definition) is 3. The number of rotatable bonds is 4. The van der Waals surface area contributed by atoms with E-state index in [2.05, 4.69) is 10.5 Å². The lowest BCUT2D eigenvalue weighted by Crippen LogP contribution is -2.42. The molecule has 0 saturated heterocycles. The van der Waals surface area contributed by atoms with E-state index in [1.54, 1.807) is 0 Å². The monoisotopic (exact) mass is 213 g/mol. The predicted octanol–water partition coefficient (Wildman–Crippen LogP) is 0.818. The number of oxime groups is 1. The molecule has 0 aromatic rings. The van der Waals surface area contributed by atoms with E-state index in [9.17, 15) is 4.79 Å². The van der Waals surface area contributed by atoms with Crippen molar-refractivity contribution >= 4 is 11.7 Å². The first-order chi connectivity index (χ1) is 7.19. The van der Waals surface area contributed by atoms with Gasteiger partial charge in [0.15, 0.2) is 5.84 Å². The summed E-state index contributed by atoms with van der Waals surface area (Å²) >= 11 is 0. The second-order valence-corrected chi connectivity index (χ2v) is 3.98. The van der Waals surface area contributed by atoms with Crippen molar-refractivity contribution in [2.24, 2.45) is 16.8 Å². The van der Waals surface area contributed by atoms with Crippen molar-refractivity contribution in [3.8, 4) is 0 Å². The fourth-order valence-electron chi connectivity index (χ4n) is 1.97. The molecule has 1 aliphatic rings. The Labute approximate surface area is 89.7 Å². The van der Waals surface area contributed by atoms with Crippen molar-refractivity contribution in [2.45, 2.75) is 45.1 Å². The number of nitrogens with one attached hydrogen (secondary N) is 1. The summed E-state index contributed by atoms with van der Waals surface area (Å²) in [6.07, 6.45) is 4.97. The topological polar surface area (TPSA) is 87.7 Å². The lowest BCUT2D eigenvalue weighted by molar-refractivity contribution is -0.123. The van der Waals surface area contributed by atoms with Crippen LogP contribution in [0.2, 0.25) is 0 Å². The van der Waals surface area contributed by atoms with Gasteiger partial charge in [0.2, 0.25) is 5.91 Å². The standard InChI is InChI=1S/C10H19N3O2/c1-2-8(9(11)13-15)10(14)12-7-5-3-4-6-7/h7-8,15H,2-6H2,1H3,(H2,11,13)(H,12,14). The molecule has 1 atom stereocenters. The maximum atomic E-state index is 11.7. The van der Waals surface area contributed by atoms with Crippen LogP contribution in [0.25, 0.3) is 0 Å². The number of nitrogens with zero attached hydrogens (tertiary/aromatic N) is 1. The lowest BCUT2D eigenvalue weighted by atomic mass is 10.0. The van der Waals surface area contributed by atoms with Crippen LogP contribution < -0.4 is 11.1 Å². The Hall–Kier alpha value is -1.26. The van der Waals surface area contributed by atoms with E-state index in [1.807, 2.05) is 6.92 Å². The Morgan fingerprint density at radius 2 is 2.20 bits per heavy atom. The van der Waals surface area contributed by atoms with Crippen molar-refractivity contribution in [2.75, 3.05) is 0 Å². The van der Waals surface area contributed by atoms with Crippen molar-refractivity contribution in [1.29, 1.82) is 0 Å². The first-order valence-electron chi connectivity index (χ1n) is 5.46. The molecule has 86 valence electrons. The molecule has 1 rings (SSSR count). The van der Waals surface area contributed by atoms with Crippen LogP contribution in [0.15, 0.2) is 5.16 Å². The highest BCUT2D eigenvalue weighted by Gasteiger charge is 2.24. The van der Waals surface area contributed by atoms with Gasteiger partial charge in [0.1, 0.15) is 0 Å². The Morgan fingerprint density at radius 1 is 1.60 bits per heavy atom. The summed E-state index contributed by atoms with van der Waals surface area (Å²) in [6.45, 7) is 1.84. The van der Waals surface area contributed by atoms with Gasteiger partial charge in [-0.15, -0.1) is 0 Å². The minimum Gasteiger partial charge on any atom is -0.409 e. The highest BCUT2D eigenvalue weighted by atomic mass is 16.4. The summed E-state index contributed by atoms with van der Waals surface area (Å²) in [5.41, 5.74) is 5.44. The Morgan fingerprint density at radius 3 is 2.67 bits per heavy atom. The van der Waals surface area contributed by atoms with Crippen LogP contribution in [0.1, 0.15) is 39.0 Å². The molecule has 1 aliphatic carbocycles. The van der Waals surface area contributed by atoms with E-state index in [0.29, 0.717) is 6.42 Å². The normalized spacial score (nSPS) is 20.2. The molecular weight excluding hydrogens is 194 g/mol. The van der Waals surface area contributed by atoms with Crippen LogP contribution in [0.5, 0.6) is 0 Å². The van der Waals surface area contributed by atoms with E-state index in [-0.39, 0.29) is 17.8 Å². The molecule has 4 N–H and O–H groups in total. The Bertz CT molecular complexity index is 247. The fraction of sp³-hybridized carbons (Fsp3) is 0.800. The van der Waals surface area contributed by atoms with Crippen LogP contribution in [0.3, 0.4) is 0 Å². The SMILES string of the molecule is CCC(C(=O)NC1CCCC1)C(N)=NO. The maximum Gasteiger partial charge on any atom is 0.231 e. The summed E-state index contributed by atoms with van der Waals surface area (Å²) in [7, 11) is 0. The van der Waals surface area contributed by atoms with Gasteiger partial charge in [0.25, 0.3) is 0 Å². The molecule has 0 aliphatic heterocycles. The summed E-state index contributed by atoms with van der Waals surface area (Å²) in [6, 6.07) is 0.276. The van der Waals surface area contributed by atoms with Crippen LogP contribution >= 0.6 is 0 Å². The molecule has 0 bridgehead atoms. The molecule has 0 spiro atoms. The van der Waals surface area contributed by atoms with E-state index >= 15 is 0 Å². The summed E-state index contributed by atoms with van der Waals surface area (Å²) in [5.74, 6) is -0.636. The predicted molar refractivity (Wildman–Crippen MR) is 57.6 cm³/mol. The lowest BCUT2D eigenvalue weighted by Gasteiger charge is -2.17. The van der Waals surface area contributed by atoms with Gasteiger partial charge < -0.3 is 16.3 Å². The number of carbonyl (C=O) groups excluding carboxylic acids is 1. The third-order valence-electron chi connectivity index (χ3n) is 2.90. The zero-order valence-corrected chi connectivity index (χ0v) is 9.07. The van der Waals surface area contributed by atoms with Crippen LogP contribution in [0.4, 0.5) is 0 Å². The molecule has 0 radical (unpaired) electrons. The molecule has 0 heterocycles. The quantitative estimate of drug-likeness (QED) is 0.279. The van der Waals surface area contributed by atoms with Crippen molar-refractivity contribution in [1.82, 2.24) is 5.32 Å². The molecule has 1 fully saturated rings. The first-order valence-corrected chi connectivity index (χ1v) is 5.46. The fourth-order valence-corrected chi connectivity index (χ4v) is 1.97. The molecule has 15 heavy (non-hydrogen) atoms. The smallest absolute Gasteiger partial charge is 0.231 e. The third kappa shape index (κ3) is 3.11. The van der Waals surface area contributed by atoms with Crippen LogP contribution in [0, 0.1) is 5.92 Å². The van der Waals surface area contributed by atoms with Crippen molar-refractivity contribution < 1.29 is 10.0 Å². The minimum absolute atomic E-state index is 0.00648. The average Bonchev–Trinajstić information content (AvgIpc) is 2.71. The van der Waals surface area contributed by atoms with E-state index < -0.39 is 5.92 Å². The average molecular weight is 213 g/mol. The second-order valence-electron chi connectivity index (χ2n) is 3.98. The number of hydrogen-bond acceptors (Lipinski definition) is 3. The molecule has 1 unspecified atom stereocenters. The second kappa shape index (κ2) is 5.58. The minimum atomic E-state index is -0.504. The van der Waals surface area contributed by atoms with Gasteiger partial charge in [-0.25, -0.2) is 0 Å². The highest BCUT2D eigenvalue weighted by molar-refractivity contribution is 6.02. The highest BCUT2D eigenvalue weighted by Crippen LogP contribution is 2.18. The van der Waals surface area contributed by atoms with Gasteiger partial charge in [0.05, 0.1) is 5.92 Å². The molecular formula is C10H19N3O2. The zero-order valence-electron chi connectivity index (χ0n) is 9.07. The summed E-state index contributed by atoms with van der Waals surface area (Å²) < 4.78 is 0. The number of amides is 1. The Balaban J connectivity index is 2.49. The van der Waals surface area contributed by atoms with E-state index in [0.717, 1.165) is 12.8 Å². The zero-order chi connectivity index (χ0) is 11.3.